The molecule has 0 bridgehead atoms. The van der Waals surface area contributed by atoms with E-state index in [1.165, 1.54) is 32.4 Å². The quantitative estimate of drug-likeness (QED) is 0.692. The molecule has 0 aliphatic carbocycles. The van der Waals surface area contributed by atoms with Gasteiger partial charge in [0.25, 0.3) is 0 Å². The maximum Gasteiger partial charge on any atom is 0.337 e. The van der Waals surface area contributed by atoms with Crippen molar-refractivity contribution < 1.29 is 29.0 Å². The van der Waals surface area contributed by atoms with Crippen molar-refractivity contribution in [3.63, 3.8) is 0 Å². The Kier molecular flexibility index (Phi) is 6.92. The number of hydrogen-bond acceptors (Lipinski definition) is 7. The van der Waals surface area contributed by atoms with Crippen LogP contribution < -0.4 is 5.32 Å². The fourth-order valence-electron chi connectivity index (χ4n) is 3.48. The van der Waals surface area contributed by atoms with Crippen LogP contribution in [0.2, 0.25) is 0 Å². The Balaban J connectivity index is 2.19. The smallest absolute Gasteiger partial charge is 0.337 e. The molecule has 2 rings (SSSR count). The molecule has 1 heterocycles. The first-order valence-electron chi connectivity index (χ1n) is 8.86. The number of anilines is 1. The molecule has 2 N–H and O–H groups in total. The number of ether oxygens (including phenoxy) is 2. The maximum absolute atomic E-state index is 12.5. The number of aliphatic hydroxyl groups excluding tert-OH is 1. The van der Waals surface area contributed by atoms with E-state index in [9.17, 15) is 19.5 Å². The number of amides is 1. The van der Waals surface area contributed by atoms with Crippen LogP contribution in [-0.4, -0.2) is 67.3 Å². The Morgan fingerprint density at radius 1 is 1.15 bits per heavy atom. The largest absolute Gasteiger partial charge is 0.465 e. The molecular formula is C19H26N2O6. The van der Waals surface area contributed by atoms with Crippen LogP contribution in [-0.2, 0) is 14.3 Å². The summed E-state index contributed by atoms with van der Waals surface area (Å²) in [5.41, 5.74) is 0.196. The van der Waals surface area contributed by atoms with E-state index in [1.807, 2.05) is 11.8 Å². The summed E-state index contributed by atoms with van der Waals surface area (Å²) in [6, 6.07) is 4.24. The fraction of sp³-hybridized carbons (Fsp3) is 0.526. The molecule has 8 heteroatoms. The average Bonchev–Trinajstić information content (AvgIpc) is 3.08. The SMILES string of the molecule is CCC1(CO)CCCN1CC(=O)Nc1cc(C(=O)OC)cc(C(=O)OC)c1. The summed E-state index contributed by atoms with van der Waals surface area (Å²) in [6.07, 6.45) is 2.52. The van der Waals surface area contributed by atoms with Crippen LogP contribution in [0.5, 0.6) is 0 Å². The fourth-order valence-corrected chi connectivity index (χ4v) is 3.48. The average molecular weight is 378 g/mol. The van der Waals surface area contributed by atoms with Gasteiger partial charge >= 0.3 is 11.9 Å². The van der Waals surface area contributed by atoms with E-state index in [0.29, 0.717) is 5.69 Å². The Bertz CT molecular complexity index is 680. The molecule has 0 aromatic heterocycles. The number of nitrogens with zero attached hydrogens (tertiary/aromatic N) is 1. The summed E-state index contributed by atoms with van der Waals surface area (Å²) < 4.78 is 9.38. The van der Waals surface area contributed by atoms with Crippen LogP contribution in [0.15, 0.2) is 18.2 Å². The highest BCUT2D eigenvalue weighted by atomic mass is 16.5. The third-order valence-electron chi connectivity index (χ3n) is 5.09. The minimum absolute atomic E-state index is 0.00109. The number of methoxy groups -OCH3 is 2. The molecule has 1 aliphatic heterocycles. The molecule has 1 aromatic carbocycles. The van der Waals surface area contributed by atoms with Crippen molar-refractivity contribution in [3.8, 4) is 0 Å². The molecule has 27 heavy (non-hydrogen) atoms. The van der Waals surface area contributed by atoms with Gasteiger partial charge in [0.1, 0.15) is 0 Å². The molecular weight excluding hydrogens is 352 g/mol. The summed E-state index contributed by atoms with van der Waals surface area (Å²) in [6.45, 7) is 2.85. The van der Waals surface area contributed by atoms with Gasteiger partial charge in [0, 0.05) is 11.2 Å². The van der Waals surface area contributed by atoms with Crippen LogP contribution in [0.1, 0.15) is 46.9 Å². The van der Waals surface area contributed by atoms with Crippen LogP contribution in [0.3, 0.4) is 0 Å². The molecule has 1 aliphatic rings. The van der Waals surface area contributed by atoms with Gasteiger partial charge in [0.2, 0.25) is 5.91 Å². The minimum atomic E-state index is -0.624. The van der Waals surface area contributed by atoms with Crippen molar-refractivity contribution in [2.24, 2.45) is 0 Å². The predicted molar refractivity (Wildman–Crippen MR) is 98.7 cm³/mol. The molecule has 1 aromatic rings. The highest BCUT2D eigenvalue weighted by molar-refractivity contribution is 5.99. The van der Waals surface area contributed by atoms with Crippen molar-refractivity contribution in [3.05, 3.63) is 29.3 Å². The van der Waals surface area contributed by atoms with Gasteiger partial charge < -0.3 is 19.9 Å². The van der Waals surface area contributed by atoms with Gasteiger partial charge in [-0.3, -0.25) is 9.69 Å². The van der Waals surface area contributed by atoms with Crippen molar-refractivity contribution in [2.45, 2.75) is 31.7 Å². The Hall–Kier alpha value is -2.45. The third kappa shape index (κ3) is 4.64. The number of nitrogens with one attached hydrogen (secondary N) is 1. The van der Waals surface area contributed by atoms with Crippen molar-refractivity contribution >= 4 is 23.5 Å². The Labute approximate surface area is 158 Å². The Morgan fingerprint density at radius 3 is 2.22 bits per heavy atom. The first-order chi connectivity index (χ1) is 12.9. The lowest BCUT2D eigenvalue weighted by Gasteiger charge is -2.35. The second kappa shape index (κ2) is 8.96. The number of likely N-dealkylation sites (tertiary alicyclic amines) is 1. The van der Waals surface area contributed by atoms with E-state index in [-0.39, 0.29) is 35.7 Å². The molecule has 148 valence electrons. The van der Waals surface area contributed by atoms with E-state index >= 15 is 0 Å². The summed E-state index contributed by atoms with van der Waals surface area (Å²) in [5, 5.41) is 12.5. The number of carbonyl (C=O) groups excluding carboxylic acids is 3. The van der Waals surface area contributed by atoms with Crippen molar-refractivity contribution in [1.29, 1.82) is 0 Å². The number of hydrogen-bond donors (Lipinski definition) is 2. The van der Waals surface area contributed by atoms with E-state index in [0.717, 1.165) is 25.8 Å². The van der Waals surface area contributed by atoms with Gasteiger partial charge in [-0.25, -0.2) is 9.59 Å². The topological polar surface area (TPSA) is 105 Å². The second-order valence-corrected chi connectivity index (χ2v) is 6.59. The van der Waals surface area contributed by atoms with Gasteiger partial charge in [-0.1, -0.05) is 6.92 Å². The lowest BCUT2D eigenvalue weighted by molar-refractivity contribution is -0.118. The van der Waals surface area contributed by atoms with E-state index in [2.05, 4.69) is 14.8 Å². The zero-order valence-electron chi connectivity index (χ0n) is 15.9. The van der Waals surface area contributed by atoms with E-state index in [1.54, 1.807) is 0 Å². The zero-order valence-corrected chi connectivity index (χ0v) is 15.9. The molecule has 0 radical (unpaired) electrons. The van der Waals surface area contributed by atoms with Crippen molar-refractivity contribution in [2.75, 3.05) is 39.2 Å². The molecule has 1 amide bonds. The van der Waals surface area contributed by atoms with E-state index in [4.69, 9.17) is 0 Å². The summed E-state index contributed by atoms with van der Waals surface area (Å²) in [5.74, 6) is -1.54. The Morgan fingerprint density at radius 2 is 1.74 bits per heavy atom. The standard InChI is InChI=1S/C19H26N2O6/c1-4-19(12-22)6-5-7-21(19)11-16(23)20-15-9-13(17(24)26-2)8-14(10-15)18(25)27-3/h8-10,22H,4-7,11-12H2,1-3H3,(H,20,23). The number of carbonyl (C=O) groups is 3. The normalized spacial score (nSPS) is 19.6. The molecule has 1 unspecified atom stereocenters. The predicted octanol–water partition coefficient (Wildman–Crippen LogP) is 1.44. The molecule has 0 spiro atoms. The monoisotopic (exact) mass is 378 g/mol. The first-order valence-corrected chi connectivity index (χ1v) is 8.86. The highest BCUT2D eigenvalue weighted by Gasteiger charge is 2.39. The van der Waals surface area contributed by atoms with Crippen LogP contribution in [0.25, 0.3) is 0 Å². The van der Waals surface area contributed by atoms with Crippen LogP contribution in [0, 0.1) is 0 Å². The van der Waals surface area contributed by atoms with Gasteiger partial charge in [0.15, 0.2) is 0 Å². The molecule has 8 nitrogen and oxygen atoms in total. The zero-order chi connectivity index (χ0) is 20.0. The summed E-state index contributed by atoms with van der Waals surface area (Å²) >= 11 is 0. The minimum Gasteiger partial charge on any atom is -0.465 e. The molecule has 1 saturated heterocycles. The van der Waals surface area contributed by atoms with Gasteiger partial charge in [0.05, 0.1) is 38.5 Å². The van der Waals surface area contributed by atoms with Crippen LogP contribution >= 0.6 is 0 Å². The van der Waals surface area contributed by atoms with Crippen molar-refractivity contribution in [1.82, 2.24) is 4.90 Å². The molecule has 1 fully saturated rings. The number of rotatable bonds is 7. The molecule has 1 atom stereocenters. The second-order valence-electron chi connectivity index (χ2n) is 6.59. The van der Waals surface area contributed by atoms with Gasteiger partial charge in [-0.15, -0.1) is 0 Å². The maximum atomic E-state index is 12.5. The lowest BCUT2D eigenvalue weighted by Crippen LogP contribution is -2.49. The summed E-state index contributed by atoms with van der Waals surface area (Å²) in [4.78, 5) is 38.2. The van der Waals surface area contributed by atoms with Gasteiger partial charge in [-0.2, -0.15) is 0 Å². The van der Waals surface area contributed by atoms with E-state index < -0.39 is 11.9 Å². The number of benzene rings is 1. The number of aliphatic hydroxyl groups is 1. The lowest BCUT2D eigenvalue weighted by atomic mass is 9.94. The first kappa shape index (κ1) is 20.9. The van der Waals surface area contributed by atoms with Gasteiger partial charge in [-0.05, 0) is 44.0 Å². The third-order valence-corrected chi connectivity index (χ3v) is 5.09. The molecule has 0 saturated carbocycles. The number of esters is 2. The van der Waals surface area contributed by atoms with Crippen LogP contribution in [0.4, 0.5) is 5.69 Å². The highest BCUT2D eigenvalue weighted by Crippen LogP contribution is 2.31. The summed E-state index contributed by atoms with van der Waals surface area (Å²) in [7, 11) is 2.47.